The van der Waals surface area contributed by atoms with Crippen molar-refractivity contribution < 1.29 is 14.2 Å². The minimum atomic E-state index is -0.350. The van der Waals surface area contributed by atoms with Gasteiger partial charge in [0.25, 0.3) is 0 Å². The van der Waals surface area contributed by atoms with Crippen LogP contribution in [-0.2, 0) is 9.47 Å². The molecule has 0 bridgehead atoms. The molecule has 2 unspecified atom stereocenters. The normalized spacial score (nSPS) is 24.0. The molecular weight excluding hydrogens is 378 g/mol. The highest BCUT2D eigenvalue weighted by Crippen LogP contribution is 2.50. The fourth-order valence-electron chi connectivity index (χ4n) is 4.96. The maximum atomic E-state index is 6.25. The Morgan fingerprint density at radius 1 is 1.37 bits per heavy atom. The Bertz CT molecular complexity index is 1140. The zero-order chi connectivity index (χ0) is 21.2. The van der Waals surface area contributed by atoms with Crippen LogP contribution >= 0.6 is 0 Å². The smallest absolute Gasteiger partial charge is 0.146 e. The lowest BCUT2D eigenvalue weighted by atomic mass is 9.88. The summed E-state index contributed by atoms with van der Waals surface area (Å²) in [7, 11) is 1.68. The first-order chi connectivity index (χ1) is 14.4. The molecule has 156 valence electrons. The van der Waals surface area contributed by atoms with E-state index in [1.165, 1.54) is 0 Å². The predicted molar refractivity (Wildman–Crippen MR) is 117 cm³/mol. The molecule has 1 aromatic carbocycles. The van der Waals surface area contributed by atoms with Crippen LogP contribution in [0.3, 0.4) is 0 Å². The molecule has 0 N–H and O–H groups in total. The van der Waals surface area contributed by atoms with E-state index in [2.05, 4.69) is 54.9 Å². The van der Waals surface area contributed by atoms with Crippen LogP contribution in [-0.4, -0.2) is 46.6 Å². The second-order valence-electron chi connectivity index (χ2n) is 8.44. The fourth-order valence-corrected chi connectivity index (χ4v) is 4.96. The second kappa shape index (κ2) is 6.51. The highest BCUT2D eigenvalue weighted by molar-refractivity contribution is 5.95. The third-order valence-corrected chi connectivity index (χ3v) is 6.29. The summed E-state index contributed by atoms with van der Waals surface area (Å²) in [4.78, 5) is 2.31. The van der Waals surface area contributed by atoms with Gasteiger partial charge in [-0.2, -0.15) is 5.10 Å². The summed E-state index contributed by atoms with van der Waals surface area (Å²) in [6.07, 6.45) is 4.23. The summed E-state index contributed by atoms with van der Waals surface area (Å²) in [6, 6.07) is 6.20. The van der Waals surface area contributed by atoms with Crippen molar-refractivity contribution in [3.05, 3.63) is 66.2 Å². The van der Waals surface area contributed by atoms with Gasteiger partial charge in [-0.15, -0.1) is 0 Å². The Labute approximate surface area is 176 Å². The zero-order valence-corrected chi connectivity index (χ0v) is 17.9. The van der Waals surface area contributed by atoms with Gasteiger partial charge in [0, 0.05) is 17.2 Å². The Morgan fingerprint density at radius 3 is 2.90 bits per heavy atom. The molecular formula is C24H27N3O3. The van der Waals surface area contributed by atoms with Crippen LogP contribution in [0.4, 0.5) is 0 Å². The van der Waals surface area contributed by atoms with Gasteiger partial charge in [-0.25, -0.2) is 0 Å². The van der Waals surface area contributed by atoms with Crippen LogP contribution in [0.2, 0.25) is 0 Å². The molecule has 0 amide bonds. The van der Waals surface area contributed by atoms with Gasteiger partial charge >= 0.3 is 0 Å². The van der Waals surface area contributed by atoms with E-state index in [-0.39, 0.29) is 17.7 Å². The van der Waals surface area contributed by atoms with Gasteiger partial charge in [0.2, 0.25) is 0 Å². The van der Waals surface area contributed by atoms with Crippen molar-refractivity contribution >= 4 is 16.6 Å². The van der Waals surface area contributed by atoms with Gasteiger partial charge in [-0.05, 0) is 38.5 Å². The summed E-state index contributed by atoms with van der Waals surface area (Å²) in [5, 5.41) is 6.04. The quantitative estimate of drug-likeness (QED) is 0.705. The third kappa shape index (κ3) is 2.50. The number of rotatable bonds is 4. The molecule has 4 heterocycles. The molecule has 0 spiro atoms. The van der Waals surface area contributed by atoms with Crippen molar-refractivity contribution in [2.75, 3.05) is 20.3 Å². The van der Waals surface area contributed by atoms with Gasteiger partial charge in [0.05, 0.1) is 49.4 Å². The predicted octanol–water partition coefficient (Wildman–Crippen LogP) is 4.42. The molecule has 2 atom stereocenters. The Kier molecular flexibility index (Phi) is 4.12. The molecule has 0 aliphatic carbocycles. The lowest BCUT2D eigenvalue weighted by molar-refractivity contribution is 0.00911. The van der Waals surface area contributed by atoms with Crippen molar-refractivity contribution in [1.29, 1.82) is 0 Å². The number of ether oxygens (including phenoxy) is 3. The molecule has 1 saturated heterocycles. The monoisotopic (exact) mass is 405 g/mol. The summed E-state index contributed by atoms with van der Waals surface area (Å²) >= 11 is 0. The topological polar surface area (TPSA) is 48.8 Å². The van der Waals surface area contributed by atoms with Crippen molar-refractivity contribution in [1.82, 2.24) is 14.7 Å². The average Bonchev–Trinajstić information content (AvgIpc) is 3.25. The van der Waals surface area contributed by atoms with Crippen molar-refractivity contribution in [3.8, 4) is 5.75 Å². The first kappa shape index (κ1) is 19.0. The molecule has 3 aliphatic rings. The standard InChI is InChI=1S/C24H27N3O3/c1-7-29-15(3)17-12-26-18(11-14(17)2)22-16-9-8-10-20(28-6)21(16)25-27(22)19-13-30-24(4,5)23(19)26/h8-12,19,23H,2-3,7,13H2,1,4-6H3. The minimum Gasteiger partial charge on any atom is -0.494 e. The maximum Gasteiger partial charge on any atom is 0.146 e. The van der Waals surface area contributed by atoms with E-state index in [0.29, 0.717) is 19.0 Å². The number of benzene rings is 1. The summed E-state index contributed by atoms with van der Waals surface area (Å²) in [5.41, 5.74) is 4.42. The van der Waals surface area contributed by atoms with E-state index in [9.17, 15) is 0 Å². The van der Waals surface area contributed by atoms with Gasteiger partial charge in [0.1, 0.15) is 17.0 Å². The molecule has 30 heavy (non-hydrogen) atoms. The van der Waals surface area contributed by atoms with Crippen molar-refractivity contribution in [3.63, 3.8) is 0 Å². The van der Waals surface area contributed by atoms with E-state index in [1.807, 2.05) is 19.1 Å². The molecule has 1 aromatic heterocycles. The average molecular weight is 405 g/mol. The zero-order valence-electron chi connectivity index (χ0n) is 17.9. The Balaban J connectivity index is 1.76. The third-order valence-electron chi connectivity index (χ3n) is 6.29. The highest BCUT2D eigenvalue weighted by Gasteiger charge is 2.53. The SMILES string of the molecule is C=C1C=C2c3c4cccc(OC)c4nn3C3COC(C)(C)C3N2C=C1C(=C)OCC. The number of nitrogens with zero attached hydrogens (tertiary/aromatic N) is 3. The summed E-state index contributed by atoms with van der Waals surface area (Å²) < 4.78 is 19.7. The summed E-state index contributed by atoms with van der Waals surface area (Å²) in [6.45, 7) is 15.8. The van der Waals surface area contributed by atoms with Crippen LogP contribution < -0.4 is 4.74 Å². The largest absolute Gasteiger partial charge is 0.494 e. The highest BCUT2D eigenvalue weighted by atomic mass is 16.5. The molecule has 3 aliphatic heterocycles. The van der Waals surface area contributed by atoms with E-state index in [4.69, 9.17) is 19.3 Å². The molecule has 2 aromatic rings. The second-order valence-corrected chi connectivity index (χ2v) is 8.44. The van der Waals surface area contributed by atoms with E-state index >= 15 is 0 Å². The van der Waals surface area contributed by atoms with Crippen LogP contribution in [0.15, 0.2) is 60.5 Å². The number of fused-ring (bicyclic) bond motifs is 8. The maximum absolute atomic E-state index is 6.25. The number of aromatic nitrogens is 2. The molecule has 1 fully saturated rings. The lowest BCUT2D eigenvalue weighted by Gasteiger charge is -2.45. The van der Waals surface area contributed by atoms with E-state index in [0.717, 1.165) is 39.2 Å². The molecule has 0 saturated carbocycles. The Hall–Kier alpha value is -2.99. The first-order valence-electron chi connectivity index (χ1n) is 10.3. The minimum absolute atomic E-state index is 0.0773. The van der Waals surface area contributed by atoms with Gasteiger partial charge in [-0.1, -0.05) is 25.3 Å². The van der Waals surface area contributed by atoms with Crippen LogP contribution in [0, 0.1) is 0 Å². The number of hydrogen-bond acceptors (Lipinski definition) is 5. The van der Waals surface area contributed by atoms with E-state index < -0.39 is 0 Å². The van der Waals surface area contributed by atoms with Gasteiger partial charge < -0.3 is 19.1 Å². The van der Waals surface area contributed by atoms with Crippen LogP contribution in [0.25, 0.3) is 16.6 Å². The fraction of sp³-hybridized carbons (Fsp3) is 0.375. The molecule has 5 rings (SSSR count). The van der Waals surface area contributed by atoms with Crippen molar-refractivity contribution in [2.24, 2.45) is 0 Å². The molecule has 6 heteroatoms. The number of allylic oxidation sites excluding steroid dienone is 2. The number of hydrogen-bond donors (Lipinski definition) is 0. The molecule has 0 radical (unpaired) electrons. The van der Waals surface area contributed by atoms with Crippen molar-refractivity contribution in [2.45, 2.75) is 38.5 Å². The Morgan fingerprint density at radius 2 is 2.17 bits per heavy atom. The summed E-state index contributed by atoms with van der Waals surface area (Å²) in [5.74, 6) is 1.41. The molecule has 6 nitrogen and oxygen atoms in total. The van der Waals surface area contributed by atoms with E-state index in [1.54, 1.807) is 7.11 Å². The van der Waals surface area contributed by atoms with Crippen LogP contribution in [0.1, 0.15) is 32.5 Å². The van der Waals surface area contributed by atoms with Crippen LogP contribution in [0.5, 0.6) is 5.75 Å². The lowest BCUT2D eigenvalue weighted by Crippen LogP contribution is -2.51. The van der Waals surface area contributed by atoms with Gasteiger partial charge in [-0.3, -0.25) is 4.68 Å². The number of methoxy groups -OCH3 is 1. The first-order valence-corrected chi connectivity index (χ1v) is 10.3. The van der Waals surface area contributed by atoms with Gasteiger partial charge in [0.15, 0.2) is 0 Å².